The molecule has 2 aromatic heterocycles. The molecule has 0 aliphatic heterocycles. The Kier molecular flexibility index (Phi) is 5.40. The number of hydrogen-bond acceptors (Lipinski definition) is 6. The highest BCUT2D eigenvalue weighted by molar-refractivity contribution is 8.00. The van der Waals surface area contributed by atoms with E-state index < -0.39 is 0 Å². The molecule has 0 unspecified atom stereocenters. The Morgan fingerprint density at radius 3 is 2.93 bits per heavy atom. The molecule has 0 aliphatic carbocycles. The molecular formula is C20H18N4O2S2. The first-order valence-corrected chi connectivity index (χ1v) is 10.8. The van der Waals surface area contributed by atoms with Crippen molar-refractivity contribution in [3.8, 4) is 5.75 Å². The summed E-state index contributed by atoms with van der Waals surface area (Å²) in [6.07, 6.45) is 3.53. The molecule has 0 radical (unpaired) electrons. The number of aromatic amines is 1. The summed E-state index contributed by atoms with van der Waals surface area (Å²) >= 11 is 3.02. The van der Waals surface area contributed by atoms with Crippen molar-refractivity contribution in [3.05, 3.63) is 48.8 Å². The lowest BCUT2D eigenvalue weighted by Gasteiger charge is -2.06. The van der Waals surface area contributed by atoms with Gasteiger partial charge in [0.05, 0.1) is 18.4 Å². The maximum absolute atomic E-state index is 12.4. The number of methoxy groups -OCH3 is 1. The molecule has 0 fully saturated rings. The Morgan fingerprint density at radius 1 is 1.21 bits per heavy atom. The van der Waals surface area contributed by atoms with E-state index in [0.717, 1.165) is 43.3 Å². The standard InChI is InChI=1S/C20H18N4O2S2/c1-26-13-6-7-16-15(9-13)18-19(24-16)20(22-11-21-18)28-10-17(25)23-12-4-3-5-14(8-12)27-2/h3-9,11,24H,10H2,1-2H3,(H,23,25). The van der Waals surface area contributed by atoms with Crippen LogP contribution < -0.4 is 10.1 Å². The highest BCUT2D eigenvalue weighted by Gasteiger charge is 2.13. The first kappa shape index (κ1) is 18.6. The number of thioether (sulfide) groups is 2. The average molecular weight is 411 g/mol. The van der Waals surface area contributed by atoms with E-state index >= 15 is 0 Å². The fourth-order valence-electron chi connectivity index (χ4n) is 2.92. The largest absolute Gasteiger partial charge is 0.497 e. The second-order valence-electron chi connectivity index (χ2n) is 6.01. The van der Waals surface area contributed by atoms with E-state index in [9.17, 15) is 4.79 Å². The van der Waals surface area contributed by atoms with Crippen LogP contribution in [-0.4, -0.2) is 40.0 Å². The van der Waals surface area contributed by atoms with Crippen LogP contribution in [0.25, 0.3) is 21.9 Å². The highest BCUT2D eigenvalue weighted by atomic mass is 32.2. The summed E-state index contributed by atoms with van der Waals surface area (Å²) in [7, 11) is 1.64. The first-order valence-electron chi connectivity index (χ1n) is 8.55. The molecule has 2 N–H and O–H groups in total. The maximum Gasteiger partial charge on any atom is 0.234 e. The zero-order valence-electron chi connectivity index (χ0n) is 15.4. The van der Waals surface area contributed by atoms with Gasteiger partial charge in [-0.05, 0) is 42.7 Å². The van der Waals surface area contributed by atoms with Gasteiger partial charge in [-0.2, -0.15) is 0 Å². The number of benzene rings is 2. The normalized spacial score (nSPS) is 11.1. The van der Waals surface area contributed by atoms with Gasteiger partial charge in [0.1, 0.15) is 22.6 Å². The minimum atomic E-state index is -0.0761. The fraction of sp³-hybridized carbons (Fsp3) is 0.150. The van der Waals surface area contributed by atoms with Gasteiger partial charge in [0.2, 0.25) is 5.91 Å². The molecule has 1 amide bonds. The molecule has 4 aromatic rings. The summed E-state index contributed by atoms with van der Waals surface area (Å²) in [5.41, 5.74) is 3.40. The van der Waals surface area contributed by atoms with Crippen LogP contribution >= 0.6 is 23.5 Å². The highest BCUT2D eigenvalue weighted by Crippen LogP contribution is 2.31. The number of rotatable bonds is 6. The van der Waals surface area contributed by atoms with Crippen molar-refractivity contribution in [3.63, 3.8) is 0 Å². The number of anilines is 1. The number of aromatic nitrogens is 3. The number of ether oxygens (including phenoxy) is 1. The third kappa shape index (κ3) is 3.79. The summed E-state index contributed by atoms with van der Waals surface area (Å²) < 4.78 is 5.31. The first-order chi connectivity index (χ1) is 13.7. The molecule has 0 saturated carbocycles. The van der Waals surface area contributed by atoms with Gasteiger partial charge in [0, 0.05) is 21.5 Å². The minimum absolute atomic E-state index is 0.0761. The second kappa shape index (κ2) is 8.12. The van der Waals surface area contributed by atoms with Crippen LogP contribution in [0, 0.1) is 0 Å². The lowest BCUT2D eigenvalue weighted by molar-refractivity contribution is -0.113. The average Bonchev–Trinajstić information content (AvgIpc) is 3.10. The monoisotopic (exact) mass is 410 g/mol. The fourth-order valence-corrected chi connectivity index (χ4v) is 4.13. The summed E-state index contributed by atoms with van der Waals surface area (Å²) in [5, 5.41) is 4.65. The lowest BCUT2D eigenvalue weighted by Crippen LogP contribution is -2.14. The molecule has 28 heavy (non-hydrogen) atoms. The molecule has 142 valence electrons. The van der Waals surface area contributed by atoms with Gasteiger partial charge in [-0.15, -0.1) is 11.8 Å². The number of carbonyl (C=O) groups is 1. The Morgan fingerprint density at radius 2 is 2.11 bits per heavy atom. The number of hydrogen-bond donors (Lipinski definition) is 2. The van der Waals surface area contributed by atoms with Crippen LogP contribution in [0.1, 0.15) is 0 Å². The third-order valence-electron chi connectivity index (χ3n) is 4.25. The molecule has 0 aliphatic rings. The molecule has 2 heterocycles. The van der Waals surface area contributed by atoms with Crippen molar-refractivity contribution < 1.29 is 9.53 Å². The number of H-pyrrole nitrogens is 1. The summed E-state index contributed by atoms with van der Waals surface area (Å²) in [4.78, 5) is 25.6. The number of amides is 1. The number of nitrogens with one attached hydrogen (secondary N) is 2. The van der Waals surface area contributed by atoms with Crippen molar-refractivity contribution in [2.45, 2.75) is 9.92 Å². The van der Waals surface area contributed by atoms with E-state index in [0.29, 0.717) is 0 Å². The van der Waals surface area contributed by atoms with Gasteiger partial charge >= 0.3 is 0 Å². The van der Waals surface area contributed by atoms with Crippen molar-refractivity contribution in [2.75, 3.05) is 24.4 Å². The molecule has 6 nitrogen and oxygen atoms in total. The molecule has 4 rings (SSSR count). The van der Waals surface area contributed by atoms with Gasteiger partial charge < -0.3 is 15.0 Å². The zero-order chi connectivity index (χ0) is 19.5. The summed E-state index contributed by atoms with van der Waals surface area (Å²) in [6, 6.07) is 13.6. The van der Waals surface area contributed by atoms with Crippen LogP contribution in [0.5, 0.6) is 5.75 Å². The molecule has 2 aromatic carbocycles. The minimum Gasteiger partial charge on any atom is -0.497 e. The molecule has 0 saturated heterocycles. The summed E-state index contributed by atoms with van der Waals surface area (Å²) in [6.45, 7) is 0. The number of carbonyl (C=O) groups excluding carboxylic acids is 1. The number of nitrogens with zero attached hydrogens (tertiary/aromatic N) is 2. The molecular weight excluding hydrogens is 392 g/mol. The lowest BCUT2D eigenvalue weighted by atomic mass is 10.2. The van der Waals surface area contributed by atoms with E-state index in [4.69, 9.17) is 4.74 Å². The Balaban J connectivity index is 1.53. The Bertz CT molecular complexity index is 1160. The van der Waals surface area contributed by atoms with E-state index in [1.165, 1.54) is 18.1 Å². The zero-order valence-corrected chi connectivity index (χ0v) is 17.0. The SMILES string of the molecule is COc1ccc2[nH]c3c(SCC(=O)Nc4cccc(SC)c4)ncnc3c2c1. The van der Waals surface area contributed by atoms with E-state index in [1.54, 1.807) is 18.9 Å². The van der Waals surface area contributed by atoms with Crippen LogP contribution in [0.15, 0.2) is 58.7 Å². The van der Waals surface area contributed by atoms with Crippen molar-refractivity contribution in [2.24, 2.45) is 0 Å². The van der Waals surface area contributed by atoms with Crippen molar-refractivity contribution in [1.82, 2.24) is 15.0 Å². The smallest absolute Gasteiger partial charge is 0.234 e. The van der Waals surface area contributed by atoms with E-state index in [2.05, 4.69) is 20.3 Å². The molecule has 0 bridgehead atoms. The topological polar surface area (TPSA) is 79.9 Å². The van der Waals surface area contributed by atoms with Crippen LogP contribution in [-0.2, 0) is 4.79 Å². The predicted octanol–water partition coefficient (Wildman–Crippen LogP) is 4.57. The van der Waals surface area contributed by atoms with Gasteiger partial charge in [-0.1, -0.05) is 17.8 Å². The van der Waals surface area contributed by atoms with E-state index in [1.807, 2.05) is 48.7 Å². The van der Waals surface area contributed by atoms with Crippen molar-refractivity contribution >= 4 is 57.1 Å². The predicted molar refractivity (Wildman–Crippen MR) is 116 cm³/mol. The molecule has 0 atom stereocenters. The molecule has 0 spiro atoms. The Hall–Kier alpha value is -2.71. The summed E-state index contributed by atoms with van der Waals surface area (Å²) in [5.74, 6) is 0.953. The third-order valence-corrected chi connectivity index (χ3v) is 5.96. The van der Waals surface area contributed by atoms with Crippen LogP contribution in [0.3, 0.4) is 0 Å². The van der Waals surface area contributed by atoms with E-state index in [-0.39, 0.29) is 11.7 Å². The Labute approximate surface area is 170 Å². The number of fused-ring (bicyclic) bond motifs is 3. The van der Waals surface area contributed by atoms with Gasteiger partial charge in [0.15, 0.2) is 0 Å². The molecule has 8 heteroatoms. The quantitative estimate of drug-likeness (QED) is 0.358. The maximum atomic E-state index is 12.4. The second-order valence-corrected chi connectivity index (χ2v) is 7.85. The van der Waals surface area contributed by atoms with Gasteiger partial charge in [-0.25, -0.2) is 9.97 Å². The van der Waals surface area contributed by atoms with Gasteiger partial charge in [0.25, 0.3) is 0 Å². The van der Waals surface area contributed by atoms with Crippen LogP contribution in [0.4, 0.5) is 5.69 Å². The van der Waals surface area contributed by atoms with Crippen LogP contribution in [0.2, 0.25) is 0 Å². The van der Waals surface area contributed by atoms with Gasteiger partial charge in [-0.3, -0.25) is 4.79 Å². The van der Waals surface area contributed by atoms with Crippen molar-refractivity contribution in [1.29, 1.82) is 0 Å².